The zero-order valence-electron chi connectivity index (χ0n) is 13.1. The first-order valence-corrected chi connectivity index (χ1v) is 7.98. The van der Waals surface area contributed by atoms with E-state index in [1.807, 2.05) is 0 Å². The molecule has 1 amide bonds. The van der Waals surface area contributed by atoms with Crippen molar-refractivity contribution in [3.8, 4) is 0 Å². The number of hydrogen-bond donors (Lipinski definition) is 1. The second kappa shape index (κ2) is 6.89. The fraction of sp³-hybridized carbons (Fsp3) is 0.471. The van der Waals surface area contributed by atoms with Crippen molar-refractivity contribution in [2.75, 3.05) is 0 Å². The molecule has 1 aromatic heterocycles. The summed E-state index contributed by atoms with van der Waals surface area (Å²) in [5, 5.41) is 10.7. The highest BCUT2D eigenvalue weighted by atomic mass is 19.1. The number of benzene rings is 1. The van der Waals surface area contributed by atoms with Gasteiger partial charge in [-0.2, -0.15) is 0 Å². The molecule has 0 spiro atoms. The number of nitrogens with zero attached hydrogens (tertiary/aromatic N) is 2. The largest absolute Gasteiger partial charge is 0.417 e. The molecule has 1 fully saturated rings. The van der Waals surface area contributed by atoms with Crippen molar-refractivity contribution in [3.05, 3.63) is 47.4 Å². The van der Waals surface area contributed by atoms with E-state index in [0.29, 0.717) is 12.3 Å². The Labute approximate surface area is 134 Å². The second-order valence-electron chi connectivity index (χ2n) is 6.23. The predicted octanol–water partition coefficient (Wildman–Crippen LogP) is 3.11. The van der Waals surface area contributed by atoms with Gasteiger partial charge < -0.3 is 9.73 Å². The van der Waals surface area contributed by atoms with E-state index < -0.39 is 0 Å². The molecule has 1 aliphatic carbocycles. The third-order valence-corrected chi connectivity index (χ3v) is 4.28. The highest BCUT2D eigenvalue weighted by Gasteiger charge is 2.23. The molecule has 0 saturated heterocycles. The molecule has 0 bridgehead atoms. The van der Waals surface area contributed by atoms with Crippen LogP contribution < -0.4 is 5.32 Å². The number of rotatable bonds is 4. The summed E-state index contributed by atoms with van der Waals surface area (Å²) in [6.45, 7) is 2.23. The lowest BCUT2D eigenvalue weighted by atomic mass is 9.87. The van der Waals surface area contributed by atoms with Crippen molar-refractivity contribution in [2.45, 2.75) is 45.1 Å². The van der Waals surface area contributed by atoms with Crippen LogP contribution in [0.15, 0.2) is 28.7 Å². The standard InChI is InChI=1S/C17H20FN3O2/c1-11-2-8-14(9-3-11)19-16(22)17-21-20-15(23-17)10-12-4-6-13(18)7-5-12/h4-7,11,14H,2-3,8-10H2,1H3,(H,19,22). The highest BCUT2D eigenvalue weighted by Crippen LogP contribution is 2.23. The molecule has 1 aliphatic rings. The average Bonchev–Trinajstić information content (AvgIpc) is 3.00. The summed E-state index contributed by atoms with van der Waals surface area (Å²) in [7, 11) is 0. The van der Waals surface area contributed by atoms with Crippen molar-refractivity contribution >= 4 is 5.91 Å². The number of carbonyl (C=O) groups excluding carboxylic acids is 1. The van der Waals surface area contributed by atoms with Crippen LogP contribution in [-0.4, -0.2) is 22.1 Å². The SMILES string of the molecule is CC1CCC(NC(=O)c2nnc(Cc3ccc(F)cc3)o2)CC1. The van der Waals surface area contributed by atoms with Gasteiger partial charge in [0, 0.05) is 6.04 Å². The Balaban J connectivity index is 1.57. The Morgan fingerprint density at radius 3 is 2.61 bits per heavy atom. The molecule has 23 heavy (non-hydrogen) atoms. The first kappa shape index (κ1) is 15.6. The molecule has 0 unspecified atom stereocenters. The third-order valence-electron chi connectivity index (χ3n) is 4.28. The number of carbonyl (C=O) groups is 1. The van der Waals surface area contributed by atoms with Crippen LogP contribution in [0, 0.1) is 11.7 Å². The first-order valence-electron chi connectivity index (χ1n) is 7.98. The summed E-state index contributed by atoms with van der Waals surface area (Å²) < 4.78 is 18.3. The van der Waals surface area contributed by atoms with Gasteiger partial charge in [0.15, 0.2) is 0 Å². The van der Waals surface area contributed by atoms with Crippen LogP contribution in [0.1, 0.15) is 54.7 Å². The first-order chi connectivity index (χ1) is 11.1. The summed E-state index contributed by atoms with van der Waals surface area (Å²) in [4.78, 5) is 12.1. The van der Waals surface area contributed by atoms with Gasteiger partial charge in [0.2, 0.25) is 5.89 Å². The van der Waals surface area contributed by atoms with Crippen molar-refractivity contribution in [2.24, 2.45) is 5.92 Å². The minimum absolute atomic E-state index is 0.0132. The average molecular weight is 317 g/mol. The van der Waals surface area contributed by atoms with Gasteiger partial charge in [0.05, 0.1) is 6.42 Å². The Morgan fingerprint density at radius 2 is 1.91 bits per heavy atom. The summed E-state index contributed by atoms with van der Waals surface area (Å²) in [6.07, 6.45) is 4.61. The van der Waals surface area contributed by atoms with E-state index in [9.17, 15) is 9.18 Å². The monoisotopic (exact) mass is 317 g/mol. The molecule has 1 saturated carbocycles. The van der Waals surface area contributed by atoms with Crippen LogP contribution in [0.25, 0.3) is 0 Å². The number of nitrogens with one attached hydrogen (secondary N) is 1. The van der Waals surface area contributed by atoms with Gasteiger partial charge in [0.1, 0.15) is 5.82 Å². The molecule has 5 nitrogen and oxygen atoms in total. The molecular formula is C17H20FN3O2. The van der Waals surface area contributed by atoms with E-state index in [1.165, 1.54) is 12.1 Å². The lowest BCUT2D eigenvalue weighted by molar-refractivity contribution is 0.0886. The van der Waals surface area contributed by atoms with Gasteiger partial charge >= 0.3 is 11.8 Å². The fourth-order valence-electron chi connectivity index (χ4n) is 2.85. The van der Waals surface area contributed by atoms with Crippen molar-refractivity contribution in [1.82, 2.24) is 15.5 Å². The Morgan fingerprint density at radius 1 is 1.22 bits per heavy atom. The van der Waals surface area contributed by atoms with Crippen LogP contribution in [0.4, 0.5) is 4.39 Å². The maximum atomic E-state index is 12.9. The molecule has 1 aromatic carbocycles. The lowest BCUT2D eigenvalue weighted by Crippen LogP contribution is -2.37. The molecule has 2 aromatic rings. The van der Waals surface area contributed by atoms with Crippen molar-refractivity contribution in [1.29, 1.82) is 0 Å². The van der Waals surface area contributed by atoms with E-state index >= 15 is 0 Å². The molecule has 0 atom stereocenters. The second-order valence-corrected chi connectivity index (χ2v) is 6.23. The van der Waals surface area contributed by atoms with Crippen molar-refractivity contribution in [3.63, 3.8) is 0 Å². The quantitative estimate of drug-likeness (QED) is 0.941. The maximum Gasteiger partial charge on any atom is 0.309 e. The van der Waals surface area contributed by atoms with Gasteiger partial charge in [-0.15, -0.1) is 10.2 Å². The Bertz CT molecular complexity index is 661. The smallest absolute Gasteiger partial charge is 0.309 e. The molecule has 122 valence electrons. The van der Waals surface area contributed by atoms with E-state index in [0.717, 1.165) is 37.2 Å². The molecule has 3 rings (SSSR count). The van der Waals surface area contributed by atoms with Crippen LogP contribution in [0.5, 0.6) is 0 Å². The highest BCUT2D eigenvalue weighted by molar-refractivity contribution is 5.89. The lowest BCUT2D eigenvalue weighted by Gasteiger charge is -2.26. The fourth-order valence-corrected chi connectivity index (χ4v) is 2.85. The van der Waals surface area contributed by atoms with E-state index in [2.05, 4.69) is 22.4 Å². The topological polar surface area (TPSA) is 68.0 Å². The normalized spacial score (nSPS) is 21.1. The summed E-state index contributed by atoms with van der Waals surface area (Å²) in [5.74, 6) is 0.456. The Kier molecular flexibility index (Phi) is 4.69. The van der Waals surface area contributed by atoms with Crippen LogP contribution >= 0.6 is 0 Å². The van der Waals surface area contributed by atoms with Gasteiger partial charge in [0.25, 0.3) is 0 Å². The van der Waals surface area contributed by atoms with Crippen LogP contribution in [0.3, 0.4) is 0 Å². The maximum absolute atomic E-state index is 12.9. The van der Waals surface area contributed by atoms with Crippen LogP contribution in [0.2, 0.25) is 0 Å². The zero-order chi connectivity index (χ0) is 16.2. The minimum atomic E-state index is -0.317. The molecular weight excluding hydrogens is 297 g/mol. The number of amides is 1. The van der Waals surface area contributed by atoms with Gasteiger partial charge in [-0.3, -0.25) is 4.79 Å². The summed E-state index contributed by atoms with van der Waals surface area (Å²) in [6, 6.07) is 6.25. The molecule has 1 heterocycles. The molecule has 0 aliphatic heterocycles. The van der Waals surface area contributed by atoms with Gasteiger partial charge in [-0.1, -0.05) is 19.1 Å². The van der Waals surface area contributed by atoms with Crippen molar-refractivity contribution < 1.29 is 13.6 Å². The molecule has 1 N–H and O–H groups in total. The van der Waals surface area contributed by atoms with E-state index in [1.54, 1.807) is 12.1 Å². The van der Waals surface area contributed by atoms with Gasteiger partial charge in [-0.25, -0.2) is 4.39 Å². The van der Waals surface area contributed by atoms with E-state index in [-0.39, 0.29) is 23.7 Å². The molecule has 0 radical (unpaired) electrons. The Hall–Kier alpha value is -2.24. The summed E-state index contributed by atoms with van der Waals surface area (Å²) >= 11 is 0. The number of aromatic nitrogens is 2. The van der Waals surface area contributed by atoms with Crippen LogP contribution in [-0.2, 0) is 6.42 Å². The van der Waals surface area contributed by atoms with Gasteiger partial charge in [-0.05, 0) is 49.3 Å². The zero-order valence-corrected chi connectivity index (χ0v) is 13.1. The number of halogens is 1. The predicted molar refractivity (Wildman–Crippen MR) is 82.4 cm³/mol. The summed E-state index contributed by atoms with van der Waals surface area (Å²) in [5.41, 5.74) is 0.850. The number of hydrogen-bond acceptors (Lipinski definition) is 4. The van der Waals surface area contributed by atoms with E-state index in [4.69, 9.17) is 4.42 Å². The minimum Gasteiger partial charge on any atom is -0.417 e. The third kappa shape index (κ3) is 4.15. The molecule has 6 heteroatoms.